The largest absolute Gasteiger partial charge is 0.365 e. The van der Waals surface area contributed by atoms with Crippen LogP contribution in [0.4, 0.5) is 0 Å². The van der Waals surface area contributed by atoms with Crippen molar-refractivity contribution in [2.24, 2.45) is 7.05 Å². The zero-order valence-corrected chi connectivity index (χ0v) is 18.3. The molecule has 2 aromatic rings. The highest BCUT2D eigenvalue weighted by atomic mass is 32.2. The number of hydrogen-bond donors (Lipinski definition) is 2. The molecular formula is C21H30N4O4S. The maximum absolute atomic E-state index is 13.3. The summed E-state index contributed by atoms with van der Waals surface area (Å²) in [5, 5.41) is 6.96. The van der Waals surface area contributed by atoms with E-state index in [2.05, 4.69) is 15.1 Å². The van der Waals surface area contributed by atoms with E-state index in [9.17, 15) is 13.2 Å². The Morgan fingerprint density at radius 2 is 1.93 bits per heavy atom. The molecule has 1 aliphatic rings. The van der Waals surface area contributed by atoms with Gasteiger partial charge in [-0.25, -0.2) is 13.1 Å². The van der Waals surface area contributed by atoms with Crippen LogP contribution in [0.2, 0.25) is 0 Å². The molecule has 3 rings (SSSR count). The average molecular weight is 435 g/mol. The van der Waals surface area contributed by atoms with Gasteiger partial charge in [0.25, 0.3) is 5.91 Å². The zero-order chi connectivity index (χ0) is 21.6. The molecule has 1 fully saturated rings. The van der Waals surface area contributed by atoms with Gasteiger partial charge in [-0.3, -0.25) is 9.48 Å². The maximum Gasteiger partial charge on any atom is 0.252 e. The lowest BCUT2D eigenvalue weighted by Crippen LogP contribution is -2.52. The van der Waals surface area contributed by atoms with Gasteiger partial charge in [0.1, 0.15) is 10.5 Å². The number of sulfonamides is 1. The first-order chi connectivity index (χ1) is 14.4. The van der Waals surface area contributed by atoms with Crippen LogP contribution in [-0.4, -0.2) is 42.9 Å². The van der Waals surface area contributed by atoms with E-state index >= 15 is 0 Å². The molecule has 1 aromatic carbocycles. The van der Waals surface area contributed by atoms with E-state index in [1.54, 1.807) is 7.05 Å². The molecule has 1 amide bonds. The number of nitrogens with zero attached hydrogens (tertiary/aromatic N) is 2. The number of aromatic nitrogens is 2. The van der Waals surface area contributed by atoms with Crippen LogP contribution in [0.25, 0.3) is 0 Å². The van der Waals surface area contributed by atoms with E-state index in [-0.39, 0.29) is 17.3 Å². The first-order valence-electron chi connectivity index (χ1n) is 10.3. The molecule has 1 heterocycles. The normalized spacial score (nSPS) is 17.4. The maximum atomic E-state index is 13.3. The highest BCUT2D eigenvalue weighted by Crippen LogP contribution is 2.32. The van der Waals surface area contributed by atoms with Crippen LogP contribution in [-0.2, 0) is 26.6 Å². The van der Waals surface area contributed by atoms with Gasteiger partial charge in [-0.2, -0.15) is 5.10 Å². The number of amides is 1. The quantitative estimate of drug-likeness (QED) is 0.630. The summed E-state index contributed by atoms with van der Waals surface area (Å²) in [5.74, 6) is -0.182. The number of carbonyl (C=O) groups excluding carboxylic acids is 1. The molecule has 8 nitrogen and oxygen atoms in total. The minimum absolute atomic E-state index is 0.0230. The monoisotopic (exact) mass is 434 g/mol. The molecule has 1 atom stereocenters. The number of carbonyl (C=O) groups is 1. The molecule has 9 heteroatoms. The van der Waals surface area contributed by atoms with Crippen molar-refractivity contribution in [3.8, 4) is 0 Å². The number of aryl methyl sites for hydroxylation is 1. The summed E-state index contributed by atoms with van der Waals surface area (Å²) in [5.41, 5.74) is -0.0235. The Hall–Kier alpha value is -2.23. The lowest BCUT2D eigenvalue weighted by Gasteiger charge is -2.36. The van der Waals surface area contributed by atoms with Gasteiger partial charge in [0.05, 0.1) is 12.2 Å². The summed E-state index contributed by atoms with van der Waals surface area (Å²) in [6, 6.07) is 8.83. The third-order valence-electron chi connectivity index (χ3n) is 5.47. The highest BCUT2D eigenvalue weighted by molar-refractivity contribution is 7.89. The van der Waals surface area contributed by atoms with Gasteiger partial charge in [-0.1, -0.05) is 49.6 Å². The molecule has 0 aliphatic heterocycles. The molecule has 164 valence electrons. The molecule has 1 unspecified atom stereocenters. The van der Waals surface area contributed by atoms with Crippen molar-refractivity contribution in [3.05, 3.63) is 48.3 Å². The fourth-order valence-corrected chi connectivity index (χ4v) is 4.91. The topological polar surface area (TPSA) is 102 Å². The smallest absolute Gasteiger partial charge is 0.252 e. The van der Waals surface area contributed by atoms with Crippen LogP contribution < -0.4 is 10.0 Å². The molecule has 2 N–H and O–H groups in total. The van der Waals surface area contributed by atoms with Crippen LogP contribution in [0.5, 0.6) is 0 Å². The third kappa shape index (κ3) is 5.27. The van der Waals surface area contributed by atoms with Crippen LogP contribution in [0, 0.1) is 0 Å². The molecule has 0 spiro atoms. The first-order valence-corrected chi connectivity index (χ1v) is 11.8. The number of rotatable bonds is 9. The van der Waals surface area contributed by atoms with E-state index < -0.39 is 21.7 Å². The number of nitrogens with one attached hydrogen (secondary N) is 2. The summed E-state index contributed by atoms with van der Waals surface area (Å²) < 4.78 is 35.2. The van der Waals surface area contributed by atoms with E-state index in [1.165, 1.54) is 17.1 Å². The van der Waals surface area contributed by atoms with Gasteiger partial charge in [0, 0.05) is 26.4 Å². The van der Waals surface area contributed by atoms with Crippen LogP contribution in [0.3, 0.4) is 0 Å². The predicted octanol–water partition coefficient (Wildman–Crippen LogP) is 2.30. The van der Waals surface area contributed by atoms with Crippen molar-refractivity contribution < 1.29 is 17.9 Å². The number of hydrogen-bond acceptors (Lipinski definition) is 5. The average Bonchev–Trinajstić information content (AvgIpc) is 3.20. The van der Waals surface area contributed by atoms with E-state index in [4.69, 9.17) is 4.74 Å². The van der Waals surface area contributed by atoms with Crippen LogP contribution >= 0.6 is 0 Å². The second kappa shape index (κ2) is 9.72. The summed E-state index contributed by atoms with van der Waals surface area (Å²) in [6.07, 6.45) is 7.06. The lowest BCUT2D eigenvalue weighted by atomic mass is 9.83. The van der Waals surface area contributed by atoms with Crippen molar-refractivity contribution in [3.63, 3.8) is 0 Å². The minimum atomic E-state index is -3.74. The summed E-state index contributed by atoms with van der Waals surface area (Å²) in [6.45, 7) is 2.37. The fraction of sp³-hybridized carbons (Fsp3) is 0.524. The summed E-state index contributed by atoms with van der Waals surface area (Å²) in [4.78, 5) is 13.3. The summed E-state index contributed by atoms with van der Waals surface area (Å²) >= 11 is 0. The van der Waals surface area contributed by atoms with Gasteiger partial charge >= 0.3 is 0 Å². The molecule has 0 saturated heterocycles. The predicted molar refractivity (Wildman–Crippen MR) is 113 cm³/mol. The Morgan fingerprint density at radius 3 is 2.53 bits per heavy atom. The van der Waals surface area contributed by atoms with Gasteiger partial charge in [0.2, 0.25) is 10.0 Å². The fourth-order valence-electron chi connectivity index (χ4n) is 3.88. The van der Waals surface area contributed by atoms with Crippen molar-refractivity contribution in [2.75, 3.05) is 13.2 Å². The molecule has 1 saturated carbocycles. The van der Waals surface area contributed by atoms with Gasteiger partial charge in [0.15, 0.2) is 0 Å². The lowest BCUT2D eigenvalue weighted by molar-refractivity contribution is -0.152. The Bertz CT molecular complexity index is 931. The van der Waals surface area contributed by atoms with Gasteiger partial charge in [-0.05, 0) is 25.3 Å². The Balaban J connectivity index is 1.78. The SMILES string of the molecule is CCOC1(C(=O)NC(CNS(=O)(=O)c2cnn(C)c2)c2ccccc2)CCCCC1. The van der Waals surface area contributed by atoms with Gasteiger partial charge in [-0.15, -0.1) is 0 Å². The number of ether oxygens (including phenoxy) is 1. The van der Waals surface area contributed by atoms with Crippen molar-refractivity contribution in [2.45, 2.75) is 55.6 Å². The second-order valence-electron chi connectivity index (χ2n) is 7.63. The molecule has 0 radical (unpaired) electrons. The van der Waals surface area contributed by atoms with E-state index in [0.29, 0.717) is 19.4 Å². The highest BCUT2D eigenvalue weighted by Gasteiger charge is 2.41. The molecule has 1 aliphatic carbocycles. The Kier molecular flexibility index (Phi) is 7.27. The molecule has 1 aromatic heterocycles. The van der Waals surface area contributed by atoms with Crippen molar-refractivity contribution in [1.82, 2.24) is 19.8 Å². The standard InChI is InChI=1S/C21H30N4O4S/c1-3-29-21(12-8-5-9-13-21)20(26)24-19(17-10-6-4-7-11-17)15-23-30(27,28)18-14-22-25(2)16-18/h4,6-7,10-11,14,16,19,23H,3,5,8-9,12-13,15H2,1-2H3,(H,24,26). The van der Waals surface area contributed by atoms with E-state index in [1.807, 2.05) is 37.3 Å². The second-order valence-corrected chi connectivity index (χ2v) is 9.39. The summed E-state index contributed by atoms with van der Waals surface area (Å²) in [7, 11) is -2.09. The van der Waals surface area contributed by atoms with Gasteiger partial charge < -0.3 is 10.1 Å². The zero-order valence-electron chi connectivity index (χ0n) is 17.5. The number of benzene rings is 1. The Morgan fingerprint density at radius 1 is 1.23 bits per heavy atom. The van der Waals surface area contributed by atoms with Crippen LogP contribution in [0.15, 0.2) is 47.6 Å². The Labute approximate surface area is 178 Å². The molecule has 0 bridgehead atoms. The molecular weight excluding hydrogens is 404 g/mol. The third-order valence-corrected chi connectivity index (χ3v) is 6.85. The van der Waals surface area contributed by atoms with Crippen molar-refractivity contribution >= 4 is 15.9 Å². The van der Waals surface area contributed by atoms with Crippen LogP contribution in [0.1, 0.15) is 50.6 Å². The molecule has 30 heavy (non-hydrogen) atoms. The minimum Gasteiger partial charge on any atom is -0.365 e. The first kappa shape index (κ1) is 22.5. The van der Waals surface area contributed by atoms with Crippen molar-refractivity contribution in [1.29, 1.82) is 0 Å². The van der Waals surface area contributed by atoms with E-state index in [0.717, 1.165) is 24.8 Å².